The number of thioether (sulfide) groups is 1. The van der Waals surface area contributed by atoms with Crippen molar-refractivity contribution in [2.24, 2.45) is 0 Å². The normalized spacial score (nSPS) is 10.7. The lowest BCUT2D eigenvalue weighted by Crippen LogP contribution is -2.17. The molecule has 0 aliphatic rings. The number of nitrogens with two attached hydrogens (primary N) is 1. The van der Waals surface area contributed by atoms with Crippen LogP contribution in [0.2, 0.25) is 0 Å². The first-order valence-electron chi connectivity index (χ1n) is 8.22. The summed E-state index contributed by atoms with van der Waals surface area (Å²) in [7, 11) is 0. The summed E-state index contributed by atoms with van der Waals surface area (Å²) in [6, 6.07) is 13.7. The molecule has 1 aromatic heterocycles. The minimum Gasteiger partial charge on any atom is -0.335 e. The fraction of sp³-hybridized carbons (Fsp3) is 0.211. The Hall–Kier alpha value is -2.80. The molecule has 0 saturated carbocycles. The van der Waals surface area contributed by atoms with Crippen molar-refractivity contribution in [1.82, 2.24) is 14.9 Å². The van der Waals surface area contributed by atoms with Crippen molar-refractivity contribution >= 4 is 23.4 Å². The lowest BCUT2D eigenvalue weighted by Gasteiger charge is -2.10. The molecule has 26 heavy (non-hydrogen) atoms. The summed E-state index contributed by atoms with van der Waals surface area (Å²) in [6.45, 7) is 6.00. The molecule has 0 saturated heterocycles. The number of hydrogen-bond acceptors (Lipinski definition) is 5. The largest absolute Gasteiger partial charge is 0.335 e. The molecule has 0 atom stereocenters. The third-order valence-electron chi connectivity index (χ3n) is 4.26. The monoisotopic (exact) mass is 367 g/mol. The van der Waals surface area contributed by atoms with E-state index in [-0.39, 0.29) is 11.7 Å². The highest BCUT2D eigenvalue weighted by molar-refractivity contribution is 7.99. The highest BCUT2D eigenvalue weighted by Gasteiger charge is 2.15. The predicted octanol–water partition coefficient (Wildman–Crippen LogP) is 3.31. The maximum absolute atomic E-state index is 12.3. The van der Waals surface area contributed by atoms with Crippen LogP contribution in [-0.4, -0.2) is 26.5 Å². The van der Waals surface area contributed by atoms with Gasteiger partial charge in [0, 0.05) is 11.3 Å². The summed E-state index contributed by atoms with van der Waals surface area (Å²) < 4.78 is 1.43. The molecule has 0 bridgehead atoms. The molecule has 2 aromatic carbocycles. The van der Waals surface area contributed by atoms with Gasteiger partial charge in [-0.25, -0.2) is 4.68 Å². The molecule has 0 fully saturated rings. The van der Waals surface area contributed by atoms with E-state index in [1.165, 1.54) is 16.4 Å². The average molecular weight is 367 g/mol. The van der Waals surface area contributed by atoms with Crippen molar-refractivity contribution in [3.63, 3.8) is 0 Å². The summed E-state index contributed by atoms with van der Waals surface area (Å²) in [5.74, 6) is 6.81. The molecular weight excluding hydrogens is 346 g/mol. The Kier molecular flexibility index (Phi) is 5.27. The molecule has 3 rings (SSSR count). The zero-order valence-corrected chi connectivity index (χ0v) is 15.8. The molecule has 134 valence electrons. The summed E-state index contributed by atoms with van der Waals surface area (Å²) >= 11 is 1.26. The van der Waals surface area contributed by atoms with Crippen molar-refractivity contribution in [2.45, 2.75) is 25.9 Å². The van der Waals surface area contributed by atoms with E-state index in [0.29, 0.717) is 11.0 Å². The second-order valence-electron chi connectivity index (χ2n) is 6.08. The number of nitrogens with zero attached hydrogens (tertiary/aromatic N) is 3. The molecule has 1 amide bonds. The first-order chi connectivity index (χ1) is 12.5. The number of nitrogens with one attached hydrogen (secondary N) is 1. The van der Waals surface area contributed by atoms with Crippen LogP contribution in [0.5, 0.6) is 0 Å². The highest BCUT2D eigenvalue weighted by atomic mass is 32.2. The van der Waals surface area contributed by atoms with Crippen LogP contribution in [0, 0.1) is 20.8 Å². The fourth-order valence-electron chi connectivity index (χ4n) is 2.59. The zero-order valence-electron chi connectivity index (χ0n) is 15.0. The van der Waals surface area contributed by atoms with E-state index in [0.717, 1.165) is 27.9 Å². The lowest BCUT2D eigenvalue weighted by molar-refractivity contribution is -0.113. The van der Waals surface area contributed by atoms with Crippen molar-refractivity contribution in [3.05, 3.63) is 59.2 Å². The number of carbonyl (C=O) groups is 1. The van der Waals surface area contributed by atoms with Crippen LogP contribution in [-0.2, 0) is 4.79 Å². The van der Waals surface area contributed by atoms with Gasteiger partial charge < -0.3 is 11.2 Å². The van der Waals surface area contributed by atoms with Crippen LogP contribution in [0.1, 0.15) is 16.7 Å². The Bertz CT molecular complexity index is 951. The Balaban J connectivity index is 1.68. The minimum atomic E-state index is -0.107. The second kappa shape index (κ2) is 7.61. The first-order valence-corrected chi connectivity index (χ1v) is 9.21. The van der Waals surface area contributed by atoms with E-state index in [4.69, 9.17) is 5.84 Å². The van der Waals surface area contributed by atoms with E-state index in [1.54, 1.807) is 0 Å². The third kappa shape index (κ3) is 3.72. The quantitative estimate of drug-likeness (QED) is 0.534. The Morgan fingerprint density at radius 1 is 1.08 bits per heavy atom. The standard InChI is InChI=1S/C19H21N5OS/c1-12-8-6-10-16(14(12)3)21-17(25)11-26-19-23-22-18(24(19)20)15-9-5-4-7-13(15)2/h4-10H,11,20H2,1-3H3,(H,21,25). The Morgan fingerprint density at radius 3 is 2.58 bits per heavy atom. The van der Waals surface area contributed by atoms with E-state index in [9.17, 15) is 4.79 Å². The van der Waals surface area contributed by atoms with Gasteiger partial charge in [-0.3, -0.25) is 4.79 Å². The maximum Gasteiger partial charge on any atom is 0.234 e. The van der Waals surface area contributed by atoms with Gasteiger partial charge in [-0.1, -0.05) is 48.2 Å². The number of amides is 1. The smallest absolute Gasteiger partial charge is 0.234 e. The van der Waals surface area contributed by atoms with Gasteiger partial charge >= 0.3 is 0 Å². The number of hydrogen-bond donors (Lipinski definition) is 2. The van der Waals surface area contributed by atoms with E-state index in [2.05, 4.69) is 15.5 Å². The molecule has 6 nitrogen and oxygen atoms in total. The van der Waals surface area contributed by atoms with Gasteiger partial charge in [-0.05, 0) is 43.5 Å². The van der Waals surface area contributed by atoms with Gasteiger partial charge in [0.05, 0.1) is 5.75 Å². The topological polar surface area (TPSA) is 85.8 Å². The van der Waals surface area contributed by atoms with Gasteiger partial charge in [0.1, 0.15) is 0 Å². The molecule has 0 aliphatic carbocycles. The first kappa shape index (κ1) is 18.0. The van der Waals surface area contributed by atoms with Gasteiger partial charge in [0.2, 0.25) is 11.1 Å². The summed E-state index contributed by atoms with van der Waals surface area (Å²) in [5, 5.41) is 11.7. The van der Waals surface area contributed by atoms with Gasteiger partial charge in [-0.2, -0.15) is 0 Å². The zero-order chi connectivity index (χ0) is 18.7. The third-order valence-corrected chi connectivity index (χ3v) is 5.20. The number of nitrogen functional groups attached to an aromatic ring is 1. The van der Waals surface area contributed by atoms with Crippen molar-refractivity contribution in [1.29, 1.82) is 0 Å². The van der Waals surface area contributed by atoms with E-state index in [1.807, 2.05) is 63.2 Å². The van der Waals surface area contributed by atoms with Crippen LogP contribution in [0.25, 0.3) is 11.4 Å². The second-order valence-corrected chi connectivity index (χ2v) is 7.02. The molecule has 1 heterocycles. The van der Waals surface area contributed by atoms with Crippen LogP contribution < -0.4 is 11.2 Å². The molecule has 7 heteroatoms. The number of aryl methyl sites for hydroxylation is 2. The molecule has 3 N–H and O–H groups in total. The van der Waals surface area contributed by atoms with Gasteiger partial charge in [0.15, 0.2) is 5.82 Å². The van der Waals surface area contributed by atoms with Crippen molar-refractivity contribution in [2.75, 3.05) is 16.9 Å². The highest BCUT2D eigenvalue weighted by Crippen LogP contribution is 2.24. The maximum atomic E-state index is 12.3. The summed E-state index contributed by atoms with van der Waals surface area (Å²) in [4.78, 5) is 12.3. The van der Waals surface area contributed by atoms with Gasteiger partial charge in [0.25, 0.3) is 0 Å². The average Bonchev–Trinajstić information content (AvgIpc) is 2.98. The lowest BCUT2D eigenvalue weighted by atomic mass is 10.1. The molecule has 0 unspecified atom stereocenters. The number of benzene rings is 2. The van der Waals surface area contributed by atoms with E-state index >= 15 is 0 Å². The Morgan fingerprint density at radius 2 is 1.81 bits per heavy atom. The summed E-state index contributed by atoms with van der Waals surface area (Å²) in [5.41, 5.74) is 5.02. The van der Waals surface area contributed by atoms with Crippen LogP contribution in [0.3, 0.4) is 0 Å². The molecule has 0 spiro atoms. The SMILES string of the molecule is Cc1ccccc1-c1nnc(SCC(=O)Nc2cccc(C)c2C)n1N. The predicted molar refractivity (Wildman–Crippen MR) is 106 cm³/mol. The van der Waals surface area contributed by atoms with Crippen molar-refractivity contribution in [3.8, 4) is 11.4 Å². The van der Waals surface area contributed by atoms with Crippen LogP contribution >= 0.6 is 11.8 Å². The van der Waals surface area contributed by atoms with Gasteiger partial charge in [-0.15, -0.1) is 10.2 Å². The molecule has 0 aliphatic heterocycles. The fourth-order valence-corrected chi connectivity index (χ4v) is 3.24. The van der Waals surface area contributed by atoms with Crippen molar-refractivity contribution < 1.29 is 4.79 Å². The number of carbonyl (C=O) groups excluding carboxylic acids is 1. The number of rotatable bonds is 5. The minimum absolute atomic E-state index is 0.107. The number of aromatic nitrogens is 3. The molecular formula is C19H21N5OS. The Labute approximate surface area is 156 Å². The number of anilines is 1. The van der Waals surface area contributed by atoms with Crippen LogP contribution in [0.4, 0.5) is 5.69 Å². The summed E-state index contributed by atoms with van der Waals surface area (Å²) in [6.07, 6.45) is 0. The molecule has 0 radical (unpaired) electrons. The van der Waals surface area contributed by atoms with Crippen LogP contribution in [0.15, 0.2) is 47.6 Å². The molecule has 3 aromatic rings. The van der Waals surface area contributed by atoms with E-state index < -0.39 is 0 Å².